The number of nitrogens with zero attached hydrogens (tertiary/aromatic N) is 1. The highest BCUT2D eigenvalue weighted by atomic mass is 35.5. The summed E-state index contributed by atoms with van der Waals surface area (Å²) in [6.07, 6.45) is 0. The van der Waals surface area contributed by atoms with Crippen LogP contribution in [0.1, 0.15) is 15.5 Å². The summed E-state index contributed by atoms with van der Waals surface area (Å²) in [6, 6.07) is 5.19. The number of ether oxygens (including phenoxy) is 1. The summed E-state index contributed by atoms with van der Waals surface area (Å²) in [5.74, 6) is -0.495. The molecule has 0 unspecified atom stereocenters. The van der Waals surface area contributed by atoms with Gasteiger partial charge in [0.1, 0.15) is 0 Å². The zero-order valence-electron chi connectivity index (χ0n) is 9.66. The maximum absolute atomic E-state index is 11.7. The molecule has 0 radical (unpaired) electrons. The van der Waals surface area contributed by atoms with E-state index in [1.165, 1.54) is 18.4 Å². The topological polar surface area (TPSA) is 39.2 Å². The molecule has 0 saturated heterocycles. The van der Waals surface area contributed by atoms with E-state index in [9.17, 15) is 4.79 Å². The van der Waals surface area contributed by atoms with Crippen LogP contribution < -0.4 is 0 Å². The number of carbonyl (C=O) groups excluding carboxylic acids is 1. The Hall–Kier alpha value is -1.10. The van der Waals surface area contributed by atoms with E-state index >= 15 is 0 Å². The second kappa shape index (κ2) is 5.26. The fraction of sp³-hybridized carbons (Fsp3) is 0.167. The summed E-state index contributed by atoms with van der Waals surface area (Å²) < 4.78 is 4.71. The number of thiazole rings is 1. The summed E-state index contributed by atoms with van der Waals surface area (Å²) in [7, 11) is 1.31. The van der Waals surface area contributed by atoms with Gasteiger partial charge in [0.25, 0.3) is 0 Å². The van der Waals surface area contributed by atoms with Crippen molar-refractivity contribution in [1.29, 1.82) is 0 Å². The number of benzene rings is 1. The van der Waals surface area contributed by atoms with Crippen molar-refractivity contribution in [3.63, 3.8) is 0 Å². The van der Waals surface area contributed by atoms with Crippen molar-refractivity contribution in [3.8, 4) is 10.4 Å². The molecule has 2 aromatic rings. The number of rotatable bonds is 2. The lowest BCUT2D eigenvalue weighted by molar-refractivity contribution is 0.0595. The largest absolute Gasteiger partial charge is 0.464 e. The average molecular weight is 302 g/mol. The highest BCUT2D eigenvalue weighted by Crippen LogP contribution is 2.39. The Kier molecular flexibility index (Phi) is 3.90. The zero-order chi connectivity index (χ0) is 13.3. The Balaban J connectivity index is 2.68. The third-order valence-electron chi connectivity index (χ3n) is 2.30. The molecular formula is C12H9Cl2NO2S. The highest BCUT2D eigenvalue weighted by molar-refractivity contribution is 7.15. The van der Waals surface area contributed by atoms with Crippen molar-refractivity contribution in [1.82, 2.24) is 4.98 Å². The molecule has 18 heavy (non-hydrogen) atoms. The molecule has 0 fully saturated rings. The van der Waals surface area contributed by atoms with Gasteiger partial charge < -0.3 is 4.74 Å². The third kappa shape index (κ3) is 2.36. The summed E-state index contributed by atoms with van der Waals surface area (Å²) in [6.45, 7) is 1.81. The van der Waals surface area contributed by atoms with Gasteiger partial charge in [0, 0.05) is 5.56 Å². The van der Waals surface area contributed by atoms with Crippen LogP contribution in [0.25, 0.3) is 10.4 Å². The van der Waals surface area contributed by atoms with E-state index in [0.717, 1.165) is 5.01 Å². The van der Waals surface area contributed by atoms with E-state index in [0.29, 0.717) is 20.5 Å². The average Bonchev–Trinajstić information content (AvgIpc) is 2.70. The lowest BCUT2D eigenvalue weighted by atomic mass is 10.1. The summed E-state index contributed by atoms with van der Waals surface area (Å²) in [5, 5.41) is 1.72. The molecule has 0 amide bonds. The monoisotopic (exact) mass is 301 g/mol. The Morgan fingerprint density at radius 1 is 1.33 bits per heavy atom. The maximum atomic E-state index is 11.7. The first-order valence-electron chi connectivity index (χ1n) is 5.04. The summed E-state index contributed by atoms with van der Waals surface area (Å²) in [4.78, 5) is 16.5. The van der Waals surface area contributed by atoms with E-state index in [1.54, 1.807) is 18.2 Å². The maximum Gasteiger partial charge on any atom is 0.358 e. The van der Waals surface area contributed by atoms with Crippen LogP contribution in [0.2, 0.25) is 10.0 Å². The van der Waals surface area contributed by atoms with Crippen LogP contribution in [0.4, 0.5) is 0 Å². The Morgan fingerprint density at radius 2 is 1.94 bits per heavy atom. The Labute approximate surface area is 118 Å². The molecule has 94 valence electrons. The molecule has 0 N–H and O–H groups in total. The van der Waals surface area contributed by atoms with Crippen LogP contribution in [0.3, 0.4) is 0 Å². The molecule has 0 aliphatic heterocycles. The van der Waals surface area contributed by atoms with Gasteiger partial charge in [-0.25, -0.2) is 9.78 Å². The molecule has 2 rings (SSSR count). The van der Waals surface area contributed by atoms with Crippen molar-refractivity contribution in [2.24, 2.45) is 0 Å². The Morgan fingerprint density at radius 3 is 2.50 bits per heavy atom. The number of methoxy groups -OCH3 is 1. The predicted octanol–water partition coefficient (Wildman–Crippen LogP) is 4.21. The molecule has 0 aliphatic carbocycles. The Bertz CT molecular complexity index is 590. The zero-order valence-corrected chi connectivity index (χ0v) is 12.0. The minimum Gasteiger partial charge on any atom is -0.464 e. The number of carbonyl (C=O) groups is 1. The van der Waals surface area contributed by atoms with Gasteiger partial charge in [-0.05, 0) is 19.1 Å². The van der Waals surface area contributed by atoms with Crippen LogP contribution in [0.5, 0.6) is 0 Å². The molecule has 3 nitrogen and oxygen atoms in total. The first-order valence-corrected chi connectivity index (χ1v) is 6.62. The van der Waals surface area contributed by atoms with Gasteiger partial charge in [0.2, 0.25) is 0 Å². The van der Waals surface area contributed by atoms with Crippen molar-refractivity contribution < 1.29 is 9.53 Å². The highest BCUT2D eigenvalue weighted by Gasteiger charge is 2.22. The molecule has 1 heterocycles. The van der Waals surface area contributed by atoms with Gasteiger partial charge in [0.15, 0.2) is 5.69 Å². The van der Waals surface area contributed by atoms with E-state index in [1.807, 2.05) is 6.92 Å². The molecule has 0 atom stereocenters. The normalized spacial score (nSPS) is 10.4. The third-order valence-corrected chi connectivity index (χ3v) is 3.92. The van der Waals surface area contributed by atoms with E-state index in [4.69, 9.17) is 27.9 Å². The van der Waals surface area contributed by atoms with Gasteiger partial charge in [-0.15, -0.1) is 11.3 Å². The van der Waals surface area contributed by atoms with Crippen LogP contribution in [-0.4, -0.2) is 18.1 Å². The SMILES string of the molecule is COC(=O)c1nc(C)sc1-c1c(Cl)cccc1Cl. The first kappa shape index (κ1) is 13.3. The van der Waals surface area contributed by atoms with Crippen LogP contribution in [-0.2, 0) is 4.74 Å². The lowest BCUT2D eigenvalue weighted by Crippen LogP contribution is -2.03. The fourth-order valence-electron chi connectivity index (χ4n) is 1.55. The molecule has 6 heteroatoms. The van der Waals surface area contributed by atoms with Crippen molar-refractivity contribution in [3.05, 3.63) is 38.9 Å². The van der Waals surface area contributed by atoms with Crippen LogP contribution >= 0.6 is 34.5 Å². The molecule has 1 aromatic heterocycles. The predicted molar refractivity (Wildman–Crippen MR) is 73.6 cm³/mol. The number of esters is 1. The molecular weight excluding hydrogens is 293 g/mol. The molecule has 0 bridgehead atoms. The number of aryl methyl sites for hydroxylation is 1. The molecule has 0 spiro atoms. The second-order valence-corrected chi connectivity index (χ2v) is 5.52. The number of halogens is 2. The van der Waals surface area contributed by atoms with Crippen molar-refractivity contribution in [2.75, 3.05) is 7.11 Å². The summed E-state index contributed by atoms with van der Waals surface area (Å²) >= 11 is 13.6. The van der Waals surface area contributed by atoms with Gasteiger partial charge >= 0.3 is 5.97 Å². The van der Waals surface area contributed by atoms with E-state index in [2.05, 4.69) is 4.98 Å². The van der Waals surface area contributed by atoms with Crippen molar-refractivity contribution >= 4 is 40.5 Å². The molecule has 0 saturated carbocycles. The van der Waals surface area contributed by atoms with Crippen molar-refractivity contribution in [2.45, 2.75) is 6.92 Å². The number of hydrogen-bond donors (Lipinski definition) is 0. The van der Waals surface area contributed by atoms with E-state index < -0.39 is 5.97 Å². The smallest absolute Gasteiger partial charge is 0.358 e. The van der Waals surface area contributed by atoms with Gasteiger partial charge in [-0.3, -0.25) is 0 Å². The molecule has 1 aromatic carbocycles. The lowest BCUT2D eigenvalue weighted by Gasteiger charge is -2.05. The minimum absolute atomic E-state index is 0.245. The van der Waals surface area contributed by atoms with Gasteiger partial charge in [0.05, 0.1) is 27.0 Å². The van der Waals surface area contributed by atoms with E-state index in [-0.39, 0.29) is 5.69 Å². The quantitative estimate of drug-likeness (QED) is 0.780. The standard InChI is InChI=1S/C12H9Cl2NO2S/c1-6-15-10(12(16)17-2)11(18-6)9-7(13)4-3-5-8(9)14/h3-5H,1-2H3. The second-order valence-electron chi connectivity index (χ2n) is 3.50. The first-order chi connectivity index (χ1) is 8.54. The van der Waals surface area contributed by atoms with Crippen LogP contribution in [0.15, 0.2) is 18.2 Å². The number of hydrogen-bond acceptors (Lipinski definition) is 4. The minimum atomic E-state index is -0.495. The number of aromatic nitrogens is 1. The summed E-state index contributed by atoms with van der Waals surface area (Å²) in [5.41, 5.74) is 0.863. The fourth-order valence-corrected chi connectivity index (χ4v) is 3.22. The van der Waals surface area contributed by atoms with Crippen LogP contribution in [0, 0.1) is 6.92 Å². The van der Waals surface area contributed by atoms with Gasteiger partial charge in [-0.1, -0.05) is 29.3 Å². The van der Waals surface area contributed by atoms with Gasteiger partial charge in [-0.2, -0.15) is 0 Å². The molecule has 0 aliphatic rings.